The normalized spacial score (nSPS) is 14.9. The van der Waals surface area contributed by atoms with Crippen LogP contribution >= 0.6 is 11.8 Å². The molecule has 1 nitrogen and oxygen atoms in total. The van der Waals surface area contributed by atoms with Gasteiger partial charge in [-0.25, -0.2) is 0 Å². The van der Waals surface area contributed by atoms with Crippen LogP contribution in [0.4, 0.5) is 5.69 Å². The minimum atomic E-state index is 0.988. The van der Waals surface area contributed by atoms with Gasteiger partial charge in [0.25, 0.3) is 0 Å². The van der Waals surface area contributed by atoms with E-state index >= 15 is 0 Å². The first-order valence-electron chi connectivity index (χ1n) is 5.08. The molecule has 2 rings (SSSR count). The highest BCUT2D eigenvalue weighted by Crippen LogP contribution is 2.39. The summed E-state index contributed by atoms with van der Waals surface area (Å²) < 4.78 is 0. The van der Waals surface area contributed by atoms with Crippen molar-refractivity contribution in [1.82, 2.24) is 0 Å². The summed E-state index contributed by atoms with van der Waals surface area (Å²) in [6, 6.07) is 8.13. The number of allylic oxidation sites excluding steroid dienone is 3. The van der Waals surface area contributed by atoms with Crippen LogP contribution in [0.2, 0.25) is 0 Å². The van der Waals surface area contributed by atoms with E-state index in [9.17, 15) is 0 Å². The Kier molecular flexibility index (Phi) is 3.11. The van der Waals surface area contributed by atoms with Gasteiger partial charge in [-0.3, -0.25) is 4.99 Å². The molecule has 0 fully saturated rings. The molecule has 0 bridgehead atoms. The van der Waals surface area contributed by atoms with Crippen molar-refractivity contribution in [2.75, 3.05) is 0 Å². The van der Waals surface area contributed by atoms with Crippen molar-refractivity contribution < 1.29 is 0 Å². The predicted octanol–water partition coefficient (Wildman–Crippen LogP) is 4.51. The summed E-state index contributed by atoms with van der Waals surface area (Å²) in [7, 11) is 0. The molecule has 0 aromatic heterocycles. The van der Waals surface area contributed by atoms with E-state index in [4.69, 9.17) is 0 Å². The maximum Gasteiger partial charge on any atom is 0.0772 e. The Morgan fingerprint density at radius 3 is 2.62 bits per heavy atom. The highest BCUT2D eigenvalue weighted by molar-refractivity contribution is 8.03. The number of aliphatic imine (C=N–C) groups is 1. The fraction of sp³-hybridized carbons (Fsp3) is 0.0714. The third kappa shape index (κ3) is 1.89. The van der Waals surface area contributed by atoms with E-state index in [-0.39, 0.29) is 0 Å². The summed E-state index contributed by atoms with van der Waals surface area (Å²) >= 11 is 1.69. The van der Waals surface area contributed by atoms with E-state index in [1.165, 1.54) is 0 Å². The molecule has 1 aromatic rings. The van der Waals surface area contributed by atoms with Gasteiger partial charge in [-0.05, 0) is 19.1 Å². The third-order valence-corrected chi connectivity index (χ3v) is 3.59. The molecule has 1 aromatic carbocycles. The van der Waals surface area contributed by atoms with E-state index in [0.717, 1.165) is 26.8 Å². The first kappa shape index (κ1) is 11.0. The Morgan fingerprint density at radius 1 is 1.19 bits per heavy atom. The van der Waals surface area contributed by atoms with Crippen molar-refractivity contribution in [3.63, 3.8) is 0 Å². The highest BCUT2D eigenvalue weighted by Gasteiger charge is 2.13. The maximum atomic E-state index is 4.61. The SMILES string of the molecule is C=CC1=C(C=C)C(C)=Nc2ccccc2S1. The summed E-state index contributed by atoms with van der Waals surface area (Å²) in [6.07, 6.45) is 3.71. The molecule has 0 unspecified atom stereocenters. The molecule has 0 spiro atoms. The van der Waals surface area contributed by atoms with E-state index < -0.39 is 0 Å². The summed E-state index contributed by atoms with van der Waals surface area (Å²) in [5.41, 5.74) is 3.07. The average molecular weight is 227 g/mol. The minimum Gasteiger partial charge on any atom is -0.252 e. The average Bonchev–Trinajstić information content (AvgIpc) is 2.44. The van der Waals surface area contributed by atoms with Gasteiger partial charge in [0, 0.05) is 21.1 Å². The Hall–Kier alpha value is -1.54. The summed E-state index contributed by atoms with van der Waals surface area (Å²) in [5, 5.41) is 0. The van der Waals surface area contributed by atoms with Crippen LogP contribution in [0.3, 0.4) is 0 Å². The first-order valence-corrected chi connectivity index (χ1v) is 5.89. The maximum absolute atomic E-state index is 4.61. The lowest BCUT2D eigenvalue weighted by molar-refractivity contribution is 1.37. The van der Waals surface area contributed by atoms with Gasteiger partial charge in [0.1, 0.15) is 0 Å². The Balaban J connectivity index is 2.63. The number of nitrogens with zero attached hydrogens (tertiary/aromatic N) is 1. The number of rotatable bonds is 2. The fourth-order valence-corrected chi connectivity index (χ4v) is 2.65. The second-order valence-corrected chi connectivity index (χ2v) is 4.54. The molecule has 1 aliphatic heterocycles. The van der Waals surface area contributed by atoms with E-state index in [0.29, 0.717) is 0 Å². The molecule has 0 N–H and O–H groups in total. The topological polar surface area (TPSA) is 12.4 Å². The zero-order valence-electron chi connectivity index (χ0n) is 9.23. The van der Waals surface area contributed by atoms with Crippen LogP contribution in [0.25, 0.3) is 0 Å². The lowest BCUT2D eigenvalue weighted by Crippen LogP contribution is -1.94. The van der Waals surface area contributed by atoms with Crippen LogP contribution < -0.4 is 0 Å². The minimum absolute atomic E-state index is 0.988. The molecule has 2 heteroatoms. The van der Waals surface area contributed by atoms with E-state index in [2.05, 4.69) is 24.2 Å². The number of hydrogen-bond donors (Lipinski definition) is 0. The molecule has 0 aliphatic carbocycles. The van der Waals surface area contributed by atoms with Crippen LogP contribution in [-0.2, 0) is 0 Å². The first-order chi connectivity index (χ1) is 7.76. The van der Waals surface area contributed by atoms with Gasteiger partial charge >= 0.3 is 0 Å². The molecule has 80 valence electrons. The van der Waals surface area contributed by atoms with E-state index in [1.54, 1.807) is 11.8 Å². The molecule has 1 aliphatic rings. The van der Waals surface area contributed by atoms with Gasteiger partial charge in [-0.2, -0.15) is 0 Å². The Bertz CT molecular complexity index is 509. The number of fused-ring (bicyclic) bond motifs is 1. The van der Waals surface area contributed by atoms with Crippen molar-refractivity contribution in [3.8, 4) is 0 Å². The Morgan fingerprint density at radius 2 is 1.94 bits per heavy atom. The molecule has 0 saturated carbocycles. The van der Waals surface area contributed by atoms with Gasteiger partial charge in [0.15, 0.2) is 0 Å². The van der Waals surface area contributed by atoms with Crippen molar-refractivity contribution in [1.29, 1.82) is 0 Å². The van der Waals surface area contributed by atoms with Crippen molar-refractivity contribution >= 4 is 23.2 Å². The van der Waals surface area contributed by atoms with Crippen molar-refractivity contribution in [3.05, 3.63) is 60.1 Å². The molecule has 1 heterocycles. The zero-order valence-corrected chi connectivity index (χ0v) is 10.1. The molecule has 0 radical (unpaired) electrons. The second kappa shape index (κ2) is 4.54. The van der Waals surface area contributed by atoms with Gasteiger partial charge in [0.2, 0.25) is 0 Å². The lowest BCUT2D eigenvalue weighted by Gasteiger charge is -2.04. The largest absolute Gasteiger partial charge is 0.252 e. The number of benzene rings is 1. The standard InChI is InChI=1S/C14H13NS/c1-4-11-10(3)15-12-8-6-7-9-14(12)16-13(11)5-2/h4-9H,1-2H2,3H3. The molecule has 0 amide bonds. The molecule has 0 atom stereocenters. The van der Waals surface area contributed by atoms with Crippen LogP contribution in [0.5, 0.6) is 0 Å². The van der Waals surface area contributed by atoms with E-state index in [1.807, 2.05) is 37.3 Å². The monoisotopic (exact) mass is 227 g/mol. The van der Waals surface area contributed by atoms with Crippen LogP contribution in [0.1, 0.15) is 6.92 Å². The fourth-order valence-electron chi connectivity index (χ4n) is 1.63. The molecular weight excluding hydrogens is 214 g/mol. The second-order valence-electron chi connectivity index (χ2n) is 3.45. The smallest absolute Gasteiger partial charge is 0.0772 e. The summed E-state index contributed by atoms with van der Waals surface area (Å²) in [4.78, 5) is 6.88. The van der Waals surface area contributed by atoms with Gasteiger partial charge < -0.3 is 0 Å². The van der Waals surface area contributed by atoms with Gasteiger partial charge in [0.05, 0.1) is 5.69 Å². The molecule has 0 saturated heterocycles. The van der Waals surface area contributed by atoms with Crippen LogP contribution in [-0.4, -0.2) is 5.71 Å². The van der Waals surface area contributed by atoms with Gasteiger partial charge in [-0.15, -0.1) is 0 Å². The Labute approximate surface area is 100 Å². The zero-order chi connectivity index (χ0) is 11.5. The third-order valence-electron chi connectivity index (χ3n) is 2.42. The quantitative estimate of drug-likeness (QED) is 0.724. The number of hydrogen-bond acceptors (Lipinski definition) is 2. The van der Waals surface area contributed by atoms with Crippen LogP contribution in [0, 0.1) is 0 Å². The van der Waals surface area contributed by atoms with Gasteiger partial charge in [-0.1, -0.05) is 49.2 Å². The molecule has 16 heavy (non-hydrogen) atoms. The number of thioether (sulfide) groups is 1. The predicted molar refractivity (Wildman–Crippen MR) is 72.5 cm³/mol. The summed E-state index contributed by atoms with van der Waals surface area (Å²) in [6.45, 7) is 9.69. The van der Waals surface area contributed by atoms with Crippen LogP contribution in [0.15, 0.2) is 69.9 Å². The highest BCUT2D eigenvalue weighted by atomic mass is 32.2. The van der Waals surface area contributed by atoms with Crippen molar-refractivity contribution in [2.45, 2.75) is 11.8 Å². The molecular formula is C14H13NS. The van der Waals surface area contributed by atoms with Crippen molar-refractivity contribution in [2.24, 2.45) is 4.99 Å². The lowest BCUT2D eigenvalue weighted by atomic mass is 10.1. The summed E-state index contributed by atoms with van der Waals surface area (Å²) in [5.74, 6) is 0. The number of para-hydroxylation sites is 1.